The minimum Gasteiger partial charge on any atom is -0.406 e. The van der Waals surface area contributed by atoms with Gasteiger partial charge >= 0.3 is 6.36 Å². The minimum absolute atomic E-state index is 0.122. The Balaban J connectivity index is 1.56. The number of hydrogen-bond donors (Lipinski definition) is 1. The lowest BCUT2D eigenvalue weighted by Crippen LogP contribution is -2.44. The van der Waals surface area contributed by atoms with Crippen LogP contribution in [0.2, 0.25) is 5.02 Å². The Morgan fingerprint density at radius 3 is 2.40 bits per heavy atom. The zero-order valence-electron chi connectivity index (χ0n) is 16.3. The second-order valence-electron chi connectivity index (χ2n) is 7.34. The normalized spacial score (nSPS) is 16.1. The van der Waals surface area contributed by atoms with Crippen molar-refractivity contribution in [2.45, 2.75) is 37.5 Å². The molecule has 8 heteroatoms. The number of nitrogens with one attached hydrogen (secondary N) is 1. The van der Waals surface area contributed by atoms with E-state index in [1.54, 1.807) is 0 Å². The SMILES string of the molecule is O=C(CCc1ccc(OC(F)(F)F)cc1)NCC1(c2ccccc2Cl)CCOCC1. The Bertz CT molecular complexity index is 849. The topological polar surface area (TPSA) is 47.6 Å². The lowest BCUT2D eigenvalue weighted by atomic mass is 9.74. The van der Waals surface area contributed by atoms with Gasteiger partial charge < -0.3 is 14.8 Å². The molecule has 0 unspecified atom stereocenters. The van der Waals surface area contributed by atoms with Gasteiger partial charge in [-0.25, -0.2) is 0 Å². The molecule has 30 heavy (non-hydrogen) atoms. The van der Waals surface area contributed by atoms with Gasteiger partial charge in [0.05, 0.1) is 0 Å². The van der Waals surface area contributed by atoms with Crippen LogP contribution in [0.1, 0.15) is 30.4 Å². The van der Waals surface area contributed by atoms with E-state index in [9.17, 15) is 18.0 Å². The molecule has 3 rings (SSSR count). The van der Waals surface area contributed by atoms with Crippen molar-refractivity contribution in [3.8, 4) is 5.75 Å². The monoisotopic (exact) mass is 441 g/mol. The highest BCUT2D eigenvalue weighted by molar-refractivity contribution is 6.31. The molecule has 1 heterocycles. The van der Waals surface area contributed by atoms with Gasteiger partial charge in [-0.3, -0.25) is 4.79 Å². The van der Waals surface area contributed by atoms with E-state index < -0.39 is 6.36 Å². The van der Waals surface area contributed by atoms with E-state index in [1.807, 2.05) is 24.3 Å². The van der Waals surface area contributed by atoms with Gasteiger partial charge in [-0.2, -0.15) is 0 Å². The van der Waals surface area contributed by atoms with E-state index >= 15 is 0 Å². The number of ether oxygens (including phenoxy) is 2. The largest absolute Gasteiger partial charge is 0.573 e. The molecule has 0 atom stereocenters. The predicted molar refractivity (Wildman–Crippen MR) is 108 cm³/mol. The molecular weight excluding hydrogens is 419 g/mol. The first-order chi connectivity index (χ1) is 14.3. The van der Waals surface area contributed by atoms with E-state index in [1.165, 1.54) is 24.3 Å². The zero-order valence-corrected chi connectivity index (χ0v) is 17.1. The molecule has 0 saturated carbocycles. The molecule has 0 aromatic heterocycles. The summed E-state index contributed by atoms with van der Waals surface area (Å²) in [5.41, 5.74) is 1.49. The molecule has 1 aliphatic rings. The molecule has 0 bridgehead atoms. The maximum Gasteiger partial charge on any atom is 0.573 e. The molecular formula is C22H23ClF3NO3. The van der Waals surface area contributed by atoms with Crippen LogP contribution in [-0.4, -0.2) is 32.0 Å². The Morgan fingerprint density at radius 2 is 1.77 bits per heavy atom. The Hall–Kier alpha value is -2.25. The highest BCUT2D eigenvalue weighted by atomic mass is 35.5. The average Bonchev–Trinajstić information content (AvgIpc) is 2.72. The fraction of sp³-hybridized carbons (Fsp3) is 0.409. The summed E-state index contributed by atoms with van der Waals surface area (Å²) in [5.74, 6) is -0.402. The molecule has 2 aromatic carbocycles. The van der Waals surface area contributed by atoms with Gasteiger partial charge in [0.25, 0.3) is 0 Å². The third-order valence-corrected chi connectivity index (χ3v) is 5.65. The van der Waals surface area contributed by atoms with Crippen LogP contribution in [0.5, 0.6) is 5.75 Å². The smallest absolute Gasteiger partial charge is 0.406 e. The molecule has 0 spiro atoms. The summed E-state index contributed by atoms with van der Waals surface area (Å²) in [6.45, 7) is 1.66. The Labute approximate surface area is 178 Å². The number of alkyl halides is 3. The van der Waals surface area contributed by atoms with E-state index in [4.69, 9.17) is 16.3 Å². The molecule has 0 aliphatic carbocycles. The fourth-order valence-electron chi connectivity index (χ4n) is 3.67. The highest BCUT2D eigenvalue weighted by Gasteiger charge is 2.36. The first-order valence-electron chi connectivity index (χ1n) is 9.72. The van der Waals surface area contributed by atoms with Crippen LogP contribution in [0, 0.1) is 0 Å². The number of benzene rings is 2. The average molecular weight is 442 g/mol. The van der Waals surface area contributed by atoms with E-state index in [0.717, 1.165) is 24.0 Å². The molecule has 1 saturated heterocycles. The van der Waals surface area contributed by atoms with Crippen molar-refractivity contribution < 1.29 is 27.4 Å². The van der Waals surface area contributed by atoms with E-state index in [2.05, 4.69) is 10.1 Å². The first-order valence-corrected chi connectivity index (χ1v) is 10.1. The third-order valence-electron chi connectivity index (χ3n) is 5.32. The second kappa shape index (κ2) is 9.71. The van der Waals surface area contributed by atoms with Crippen LogP contribution in [0.3, 0.4) is 0 Å². The quantitative estimate of drug-likeness (QED) is 0.655. The van der Waals surface area contributed by atoms with Gasteiger partial charge in [0.1, 0.15) is 5.75 Å². The summed E-state index contributed by atoms with van der Waals surface area (Å²) < 4.78 is 46.0. The van der Waals surface area contributed by atoms with Crippen LogP contribution in [0.15, 0.2) is 48.5 Å². The Morgan fingerprint density at radius 1 is 1.10 bits per heavy atom. The van der Waals surface area contributed by atoms with E-state index in [0.29, 0.717) is 31.2 Å². The molecule has 1 amide bonds. The van der Waals surface area contributed by atoms with Crippen molar-refractivity contribution in [3.63, 3.8) is 0 Å². The number of hydrogen-bond acceptors (Lipinski definition) is 3. The molecule has 162 valence electrons. The van der Waals surface area contributed by atoms with Crippen molar-refractivity contribution in [3.05, 3.63) is 64.7 Å². The summed E-state index contributed by atoms with van der Waals surface area (Å²) in [4.78, 5) is 12.4. The fourth-order valence-corrected chi connectivity index (χ4v) is 4.00. The number of carbonyl (C=O) groups excluding carboxylic acids is 1. The summed E-state index contributed by atoms with van der Waals surface area (Å²) in [5, 5.41) is 3.68. The van der Waals surface area contributed by atoms with Crippen LogP contribution in [0.4, 0.5) is 13.2 Å². The number of carbonyl (C=O) groups is 1. The number of halogens is 4. The summed E-state index contributed by atoms with van der Waals surface area (Å²) in [6.07, 6.45) is -2.55. The van der Waals surface area contributed by atoms with Gasteiger partial charge in [-0.1, -0.05) is 41.9 Å². The van der Waals surface area contributed by atoms with Gasteiger partial charge in [0, 0.05) is 36.6 Å². The highest BCUT2D eigenvalue weighted by Crippen LogP contribution is 2.38. The number of rotatable bonds is 7. The maximum absolute atomic E-state index is 12.4. The van der Waals surface area contributed by atoms with Crippen LogP contribution in [-0.2, 0) is 21.4 Å². The summed E-state index contributed by atoms with van der Waals surface area (Å²) >= 11 is 6.42. The second-order valence-corrected chi connectivity index (χ2v) is 7.75. The van der Waals surface area contributed by atoms with Crippen molar-refractivity contribution in [1.82, 2.24) is 5.32 Å². The lowest BCUT2D eigenvalue weighted by Gasteiger charge is -2.38. The summed E-state index contributed by atoms with van der Waals surface area (Å²) in [6, 6.07) is 13.2. The Kier molecular flexibility index (Phi) is 7.26. The van der Waals surface area contributed by atoms with Gasteiger partial charge in [-0.15, -0.1) is 13.2 Å². The van der Waals surface area contributed by atoms with Crippen LogP contribution in [0.25, 0.3) is 0 Å². The van der Waals surface area contributed by atoms with Gasteiger partial charge in [-0.05, 0) is 48.6 Å². The number of aryl methyl sites for hydroxylation is 1. The molecule has 0 radical (unpaired) electrons. The van der Waals surface area contributed by atoms with Gasteiger partial charge in [0.15, 0.2) is 0 Å². The lowest BCUT2D eigenvalue weighted by molar-refractivity contribution is -0.274. The zero-order chi connectivity index (χ0) is 21.6. The van der Waals surface area contributed by atoms with Gasteiger partial charge in [0.2, 0.25) is 5.91 Å². The van der Waals surface area contributed by atoms with Crippen LogP contribution >= 0.6 is 11.6 Å². The molecule has 1 N–H and O–H groups in total. The molecule has 2 aromatic rings. The minimum atomic E-state index is -4.72. The van der Waals surface area contributed by atoms with E-state index in [-0.39, 0.29) is 23.5 Å². The first kappa shape index (κ1) is 22.4. The molecule has 1 aliphatic heterocycles. The molecule has 4 nitrogen and oxygen atoms in total. The van der Waals surface area contributed by atoms with Crippen molar-refractivity contribution >= 4 is 17.5 Å². The van der Waals surface area contributed by atoms with Crippen LogP contribution < -0.4 is 10.1 Å². The predicted octanol–water partition coefficient (Wildman–Crippen LogP) is 5.04. The van der Waals surface area contributed by atoms with Crippen molar-refractivity contribution in [1.29, 1.82) is 0 Å². The summed E-state index contributed by atoms with van der Waals surface area (Å²) in [7, 11) is 0. The molecule has 1 fully saturated rings. The third kappa shape index (κ3) is 6.12. The van der Waals surface area contributed by atoms with Crippen molar-refractivity contribution in [2.75, 3.05) is 19.8 Å². The standard InChI is InChI=1S/C22H23ClF3NO3/c23-19-4-2-1-3-18(19)21(11-13-29-14-12-21)15-27-20(28)10-7-16-5-8-17(9-6-16)30-22(24,25)26/h1-6,8-9H,7,10-15H2,(H,27,28). The maximum atomic E-state index is 12.4. The van der Waals surface area contributed by atoms with Crippen molar-refractivity contribution in [2.24, 2.45) is 0 Å². The number of amides is 1.